The molecule has 0 fully saturated rings. The average Bonchev–Trinajstić information content (AvgIpc) is 2.54. The van der Waals surface area contributed by atoms with E-state index < -0.39 is 0 Å². The molecule has 112 valence electrons. The molecule has 0 saturated heterocycles. The van der Waals surface area contributed by atoms with E-state index in [4.69, 9.17) is 4.74 Å². The van der Waals surface area contributed by atoms with Gasteiger partial charge in [-0.25, -0.2) is 4.39 Å². The van der Waals surface area contributed by atoms with E-state index in [0.717, 1.165) is 23.8 Å². The minimum atomic E-state index is -0.359. The Morgan fingerprint density at radius 1 is 1.32 bits per heavy atom. The molecule has 1 N–H and O–H groups in total. The summed E-state index contributed by atoms with van der Waals surface area (Å²) in [6.07, 6.45) is 1.89. The minimum Gasteiger partial charge on any atom is -0.493 e. The molecule has 0 bridgehead atoms. The molecular formula is C18H16FNO2. The Labute approximate surface area is 128 Å². The first-order valence-corrected chi connectivity index (χ1v) is 7.11. The Kier molecular flexibility index (Phi) is 3.92. The molecule has 0 spiro atoms. The van der Waals surface area contributed by atoms with E-state index in [0.29, 0.717) is 17.9 Å². The van der Waals surface area contributed by atoms with Crippen LogP contribution in [0.2, 0.25) is 0 Å². The van der Waals surface area contributed by atoms with E-state index in [9.17, 15) is 9.18 Å². The van der Waals surface area contributed by atoms with E-state index in [2.05, 4.69) is 11.9 Å². The number of hydrogen-bond acceptors (Lipinski definition) is 2. The number of anilines is 1. The van der Waals surface area contributed by atoms with Gasteiger partial charge in [0.05, 0.1) is 6.61 Å². The molecule has 4 heteroatoms. The Balaban J connectivity index is 1.81. The molecule has 1 heterocycles. The Morgan fingerprint density at radius 3 is 2.91 bits per heavy atom. The first kappa shape index (κ1) is 14.3. The van der Waals surface area contributed by atoms with Crippen molar-refractivity contribution >= 4 is 11.6 Å². The van der Waals surface area contributed by atoms with Crippen LogP contribution in [0.5, 0.6) is 5.75 Å². The lowest BCUT2D eigenvalue weighted by Crippen LogP contribution is -2.20. The lowest BCUT2D eigenvalue weighted by molar-refractivity contribution is -0.111. The molecule has 1 aliphatic rings. The zero-order valence-electron chi connectivity index (χ0n) is 12.0. The summed E-state index contributed by atoms with van der Waals surface area (Å²) in [6, 6.07) is 12.5. The molecule has 3 rings (SSSR count). The summed E-state index contributed by atoms with van der Waals surface area (Å²) in [5.74, 6) is 0.144. The summed E-state index contributed by atoms with van der Waals surface area (Å²) in [5, 5.41) is 2.55. The number of carbonyl (C=O) groups is 1. The second-order valence-electron chi connectivity index (χ2n) is 5.25. The molecule has 1 aliphatic heterocycles. The van der Waals surface area contributed by atoms with E-state index in [1.165, 1.54) is 6.07 Å². The fourth-order valence-electron chi connectivity index (χ4n) is 2.66. The van der Waals surface area contributed by atoms with Crippen molar-refractivity contribution in [2.24, 2.45) is 0 Å². The maximum atomic E-state index is 14.3. The molecule has 1 atom stereocenters. The van der Waals surface area contributed by atoms with Crippen LogP contribution in [0.4, 0.5) is 10.1 Å². The van der Waals surface area contributed by atoms with Gasteiger partial charge in [0.2, 0.25) is 5.91 Å². The highest BCUT2D eigenvalue weighted by molar-refractivity contribution is 5.98. The van der Waals surface area contributed by atoms with Crippen LogP contribution >= 0.6 is 0 Å². The van der Waals surface area contributed by atoms with Gasteiger partial charge in [-0.05, 0) is 41.8 Å². The molecule has 22 heavy (non-hydrogen) atoms. The molecule has 0 aliphatic carbocycles. The van der Waals surface area contributed by atoms with Gasteiger partial charge in [0.15, 0.2) is 0 Å². The molecule has 2 aromatic carbocycles. The topological polar surface area (TPSA) is 38.3 Å². The van der Waals surface area contributed by atoms with Crippen LogP contribution in [0.1, 0.15) is 17.0 Å². The van der Waals surface area contributed by atoms with Crippen molar-refractivity contribution in [1.29, 1.82) is 0 Å². The molecule has 0 radical (unpaired) electrons. The van der Waals surface area contributed by atoms with Gasteiger partial charge < -0.3 is 10.1 Å². The average molecular weight is 297 g/mol. The van der Waals surface area contributed by atoms with Crippen LogP contribution in [0.25, 0.3) is 0 Å². The number of benzene rings is 2. The van der Waals surface area contributed by atoms with Crippen LogP contribution in [0, 0.1) is 5.82 Å². The summed E-state index contributed by atoms with van der Waals surface area (Å²) < 4.78 is 20.0. The van der Waals surface area contributed by atoms with Gasteiger partial charge in [-0.15, -0.1) is 0 Å². The number of hydrogen-bond donors (Lipinski definition) is 1. The van der Waals surface area contributed by atoms with Crippen molar-refractivity contribution in [1.82, 2.24) is 0 Å². The highest BCUT2D eigenvalue weighted by Crippen LogP contribution is 2.33. The van der Waals surface area contributed by atoms with Crippen molar-refractivity contribution in [2.75, 3.05) is 11.9 Å². The summed E-state index contributed by atoms with van der Waals surface area (Å²) in [4.78, 5) is 11.2. The Bertz CT molecular complexity index is 727. The largest absolute Gasteiger partial charge is 0.493 e. The third-order valence-corrected chi connectivity index (χ3v) is 3.77. The Morgan fingerprint density at radius 2 is 2.14 bits per heavy atom. The summed E-state index contributed by atoms with van der Waals surface area (Å²) >= 11 is 0. The van der Waals surface area contributed by atoms with E-state index >= 15 is 0 Å². The highest BCUT2D eigenvalue weighted by Gasteiger charge is 2.23. The predicted octanol–water partition coefficient (Wildman–Crippen LogP) is 3.67. The molecule has 3 nitrogen and oxygen atoms in total. The zero-order chi connectivity index (χ0) is 15.5. The quantitative estimate of drug-likeness (QED) is 0.878. The van der Waals surface area contributed by atoms with Gasteiger partial charge in [-0.1, -0.05) is 30.8 Å². The van der Waals surface area contributed by atoms with Crippen molar-refractivity contribution in [3.8, 4) is 5.75 Å². The fraction of sp³-hybridized carbons (Fsp3) is 0.167. The van der Waals surface area contributed by atoms with Gasteiger partial charge in [0.25, 0.3) is 0 Å². The summed E-state index contributed by atoms with van der Waals surface area (Å²) in [5.41, 5.74) is 2.11. The first-order chi connectivity index (χ1) is 10.7. The van der Waals surface area contributed by atoms with Gasteiger partial charge in [0.1, 0.15) is 11.6 Å². The number of halogens is 1. The lowest BCUT2D eigenvalue weighted by Gasteiger charge is -2.26. The van der Waals surface area contributed by atoms with Gasteiger partial charge >= 0.3 is 0 Å². The zero-order valence-corrected chi connectivity index (χ0v) is 12.0. The fourth-order valence-corrected chi connectivity index (χ4v) is 2.66. The third kappa shape index (κ3) is 2.86. The number of nitrogens with one attached hydrogen (secondary N) is 1. The molecule has 0 saturated carbocycles. The maximum Gasteiger partial charge on any atom is 0.247 e. The van der Waals surface area contributed by atoms with Crippen LogP contribution in [0.3, 0.4) is 0 Å². The van der Waals surface area contributed by atoms with E-state index in [1.807, 2.05) is 24.3 Å². The van der Waals surface area contributed by atoms with E-state index in [-0.39, 0.29) is 17.6 Å². The number of amides is 1. The van der Waals surface area contributed by atoms with Crippen molar-refractivity contribution in [3.63, 3.8) is 0 Å². The van der Waals surface area contributed by atoms with E-state index in [1.54, 1.807) is 12.1 Å². The molecule has 0 aromatic heterocycles. The number of carbonyl (C=O) groups excluding carboxylic acids is 1. The number of para-hydroxylation sites is 1. The number of fused-ring (bicyclic) bond motifs is 1. The smallest absolute Gasteiger partial charge is 0.247 e. The SMILES string of the molecule is C=CC(=O)Nc1ccc(C2COc3ccccc3C2)c(F)c1. The van der Waals surface area contributed by atoms with Crippen molar-refractivity contribution in [3.05, 3.63) is 72.1 Å². The second kappa shape index (κ2) is 6.02. The van der Waals surface area contributed by atoms with Crippen molar-refractivity contribution in [2.45, 2.75) is 12.3 Å². The van der Waals surface area contributed by atoms with Gasteiger partial charge in [0, 0.05) is 11.6 Å². The van der Waals surface area contributed by atoms with Crippen LogP contribution in [0.15, 0.2) is 55.1 Å². The second-order valence-corrected chi connectivity index (χ2v) is 5.25. The monoisotopic (exact) mass is 297 g/mol. The van der Waals surface area contributed by atoms with Gasteiger partial charge in [-0.3, -0.25) is 4.79 Å². The lowest BCUT2D eigenvalue weighted by atomic mass is 9.90. The maximum absolute atomic E-state index is 14.3. The molecule has 1 amide bonds. The molecule has 2 aromatic rings. The molecular weight excluding hydrogens is 281 g/mol. The number of ether oxygens (including phenoxy) is 1. The molecule has 1 unspecified atom stereocenters. The summed E-state index contributed by atoms with van der Waals surface area (Å²) in [7, 11) is 0. The summed E-state index contributed by atoms with van der Waals surface area (Å²) in [6.45, 7) is 3.82. The Hall–Kier alpha value is -2.62. The first-order valence-electron chi connectivity index (χ1n) is 7.11. The predicted molar refractivity (Wildman–Crippen MR) is 83.6 cm³/mol. The standard InChI is InChI=1S/C18H16FNO2/c1-2-18(21)20-14-7-8-15(16(19)10-14)13-9-12-5-3-4-6-17(12)22-11-13/h2-8,10,13H,1,9,11H2,(H,20,21). The van der Waals surface area contributed by atoms with Crippen LogP contribution in [-0.4, -0.2) is 12.5 Å². The normalized spacial score (nSPS) is 16.3. The van der Waals surface area contributed by atoms with Crippen molar-refractivity contribution < 1.29 is 13.9 Å². The van der Waals surface area contributed by atoms with Crippen LogP contribution in [-0.2, 0) is 11.2 Å². The minimum absolute atomic E-state index is 0.0287. The van der Waals surface area contributed by atoms with Gasteiger partial charge in [-0.2, -0.15) is 0 Å². The number of rotatable bonds is 3. The van der Waals surface area contributed by atoms with Crippen LogP contribution < -0.4 is 10.1 Å². The third-order valence-electron chi connectivity index (χ3n) is 3.77. The highest BCUT2D eigenvalue weighted by atomic mass is 19.1.